The molecular weight excluding hydrogens is 453 g/mol. The number of fused-ring (bicyclic) bond motifs is 1. The molecule has 0 saturated carbocycles. The molecule has 2 N–H and O–H groups in total. The Morgan fingerprint density at radius 3 is 2.66 bits per heavy atom. The second-order valence-electron chi connectivity index (χ2n) is 7.01. The van der Waals surface area contributed by atoms with E-state index in [4.69, 9.17) is 25.5 Å². The molecule has 0 aliphatic carbocycles. The van der Waals surface area contributed by atoms with Crippen LogP contribution in [0.25, 0.3) is 0 Å². The van der Waals surface area contributed by atoms with E-state index in [0.29, 0.717) is 5.76 Å². The number of aromatic nitrogens is 2. The van der Waals surface area contributed by atoms with Gasteiger partial charge in [0.1, 0.15) is 23.1 Å². The van der Waals surface area contributed by atoms with Crippen molar-refractivity contribution in [2.24, 2.45) is 0 Å². The smallest absolute Gasteiger partial charge is 0.410 e. The van der Waals surface area contributed by atoms with Gasteiger partial charge in [-0.2, -0.15) is 18.3 Å². The summed E-state index contributed by atoms with van der Waals surface area (Å²) in [5.41, 5.74) is 0.0105. The zero-order valence-corrected chi connectivity index (χ0v) is 17.6. The minimum absolute atomic E-state index is 0.0470. The standard InChI is InChI=1S/C20H18ClF3N4O4/c1-30-15-7-11(16(31-2)6-10(15)21)26-19(29)13-9-18-25-12(14-4-3-5-32-14)8-17(20(22,23)24)28(18)27-13/h3-7,9,12,17,25H,8H2,1-2H3,(H,26,29). The van der Waals surface area contributed by atoms with Crippen molar-refractivity contribution in [2.75, 3.05) is 24.9 Å². The van der Waals surface area contributed by atoms with Crippen LogP contribution in [0.2, 0.25) is 5.02 Å². The number of carbonyl (C=O) groups is 1. The van der Waals surface area contributed by atoms with E-state index in [2.05, 4.69) is 15.7 Å². The fraction of sp³-hybridized carbons (Fsp3) is 0.300. The Morgan fingerprint density at radius 2 is 2.03 bits per heavy atom. The van der Waals surface area contributed by atoms with Crippen molar-refractivity contribution in [3.63, 3.8) is 0 Å². The van der Waals surface area contributed by atoms with Crippen molar-refractivity contribution in [2.45, 2.75) is 24.7 Å². The van der Waals surface area contributed by atoms with E-state index < -0.39 is 24.2 Å². The van der Waals surface area contributed by atoms with Gasteiger partial charge in [0.25, 0.3) is 5.91 Å². The van der Waals surface area contributed by atoms with Gasteiger partial charge in [0.2, 0.25) is 0 Å². The van der Waals surface area contributed by atoms with E-state index in [1.54, 1.807) is 12.1 Å². The van der Waals surface area contributed by atoms with Gasteiger partial charge in [0.05, 0.1) is 37.2 Å². The number of furan rings is 1. The van der Waals surface area contributed by atoms with Crippen molar-refractivity contribution < 1.29 is 31.9 Å². The summed E-state index contributed by atoms with van der Waals surface area (Å²) in [6.07, 6.45) is -3.53. The molecule has 8 nitrogen and oxygen atoms in total. The van der Waals surface area contributed by atoms with Crippen LogP contribution >= 0.6 is 11.6 Å². The van der Waals surface area contributed by atoms with E-state index in [9.17, 15) is 18.0 Å². The molecule has 170 valence electrons. The number of alkyl halides is 3. The number of hydrogen-bond donors (Lipinski definition) is 2. The van der Waals surface area contributed by atoms with Crippen LogP contribution in [0.1, 0.15) is 34.8 Å². The molecule has 1 amide bonds. The highest BCUT2D eigenvalue weighted by atomic mass is 35.5. The minimum Gasteiger partial charge on any atom is -0.495 e. The maximum atomic E-state index is 13.7. The van der Waals surface area contributed by atoms with E-state index in [1.807, 2.05) is 0 Å². The summed E-state index contributed by atoms with van der Waals surface area (Å²) in [6.45, 7) is 0. The van der Waals surface area contributed by atoms with Crippen LogP contribution in [0.5, 0.6) is 11.5 Å². The number of carbonyl (C=O) groups excluding carboxylic acids is 1. The predicted molar refractivity (Wildman–Crippen MR) is 110 cm³/mol. The highest BCUT2D eigenvalue weighted by molar-refractivity contribution is 6.32. The predicted octanol–water partition coefficient (Wildman–Crippen LogP) is 5.06. The summed E-state index contributed by atoms with van der Waals surface area (Å²) < 4.78 is 57.6. The molecule has 0 saturated heterocycles. The topological polar surface area (TPSA) is 90.5 Å². The lowest BCUT2D eigenvalue weighted by molar-refractivity contribution is -0.174. The fourth-order valence-corrected chi connectivity index (χ4v) is 3.74. The molecule has 4 rings (SSSR count). The van der Waals surface area contributed by atoms with Crippen molar-refractivity contribution in [3.05, 3.63) is 53.1 Å². The van der Waals surface area contributed by atoms with Crippen molar-refractivity contribution >= 4 is 29.0 Å². The Hall–Kier alpha value is -3.34. The second kappa shape index (κ2) is 8.30. The molecule has 32 heavy (non-hydrogen) atoms. The summed E-state index contributed by atoms with van der Waals surface area (Å²) in [5, 5.41) is 9.71. The number of amides is 1. The maximum absolute atomic E-state index is 13.7. The number of anilines is 2. The quantitative estimate of drug-likeness (QED) is 0.541. The number of rotatable bonds is 5. The minimum atomic E-state index is -4.58. The average molecular weight is 471 g/mol. The summed E-state index contributed by atoms with van der Waals surface area (Å²) in [4.78, 5) is 12.8. The largest absolute Gasteiger partial charge is 0.495 e. The number of benzene rings is 1. The van der Waals surface area contributed by atoms with Gasteiger partial charge in [-0.3, -0.25) is 4.79 Å². The van der Waals surface area contributed by atoms with Crippen LogP contribution in [-0.4, -0.2) is 36.1 Å². The summed E-state index contributed by atoms with van der Waals surface area (Å²) in [5.74, 6) is 0.206. The first-order valence-corrected chi connectivity index (χ1v) is 9.78. The molecule has 1 aliphatic heterocycles. The molecule has 1 aliphatic rings. The molecule has 3 heterocycles. The molecule has 2 atom stereocenters. The SMILES string of the molecule is COc1cc(NC(=O)c2cc3n(n2)C(C(F)(F)F)CC(c2ccco2)N3)c(OC)cc1Cl. The van der Waals surface area contributed by atoms with Crippen LogP contribution in [-0.2, 0) is 0 Å². The third-order valence-electron chi connectivity index (χ3n) is 5.03. The molecule has 2 aromatic heterocycles. The van der Waals surface area contributed by atoms with Crippen LogP contribution in [0.3, 0.4) is 0 Å². The Morgan fingerprint density at radius 1 is 1.28 bits per heavy atom. The number of methoxy groups -OCH3 is 2. The Balaban J connectivity index is 1.65. The maximum Gasteiger partial charge on any atom is 0.410 e. The Labute approximate surface area is 185 Å². The van der Waals surface area contributed by atoms with Crippen LogP contribution in [0.15, 0.2) is 41.0 Å². The first-order valence-electron chi connectivity index (χ1n) is 9.40. The van der Waals surface area contributed by atoms with Gasteiger partial charge in [0.15, 0.2) is 11.7 Å². The van der Waals surface area contributed by atoms with Gasteiger partial charge in [-0.25, -0.2) is 4.68 Å². The van der Waals surface area contributed by atoms with Gasteiger partial charge in [-0.05, 0) is 12.1 Å². The first kappa shape index (κ1) is 21.9. The van der Waals surface area contributed by atoms with Crippen molar-refractivity contribution in [1.82, 2.24) is 9.78 Å². The third kappa shape index (κ3) is 4.07. The molecule has 1 aromatic carbocycles. The van der Waals surface area contributed by atoms with Crippen molar-refractivity contribution in [1.29, 1.82) is 0 Å². The number of ether oxygens (including phenoxy) is 2. The normalized spacial score (nSPS) is 17.9. The Bertz CT molecular complexity index is 1130. The van der Waals surface area contributed by atoms with E-state index in [1.165, 1.54) is 38.7 Å². The van der Waals surface area contributed by atoms with Gasteiger partial charge in [-0.1, -0.05) is 11.6 Å². The molecule has 2 unspecified atom stereocenters. The summed E-state index contributed by atoms with van der Waals surface area (Å²) in [6, 6.07) is 4.67. The number of nitrogens with zero attached hydrogens (tertiary/aromatic N) is 2. The van der Waals surface area contributed by atoms with E-state index >= 15 is 0 Å². The fourth-order valence-electron chi connectivity index (χ4n) is 3.50. The van der Waals surface area contributed by atoms with Gasteiger partial charge < -0.3 is 24.5 Å². The molecule has 0 radical (unpaired) electrons. The lowest BCUT2D eigenvalue weighted by Crippen LogP contribution is -2.35. The molecule has 3 aromatic rings. The van der Waals surface area contributed by atoms with Gasteiger partial charge in [-0.15, -0.1) is 0 Å². The zero-order valence-electron chi connectivity index (χ0n) is 16.9. The zero-order chi connectivity index (χ0) is 23.0. The number of halogens is 4. The van der Waals surface area contributed by atoms with Crippen LogP contribution in [0.4, 0.5) is 24.7 Å². The molecule has 0 spiro atoms. The van der Waals surface area contributed by atoms with Crippen LogP contribution in [0, 0.1) is 0 Å². The summed E-state index contributed by atoms with van der Waals surface area (Å²) in [7, 11) is 2.79. The highest BCUT2D eigenvalue weighted by Gasteiger charge is 2.47. The third-order valence-corrected chi connectivity index (χ3v) is 5.33. The molecule has 0 bridgehead atoms. The lowest BCUT2D eigenvalue weighted by atomic mass is 10.0. The van der Waals surface area contributed by atoms with Gasteiger partial charge in [0, 0.05) is 24.6 Å². The van der Waals surface area contributed by atoms with Crippen LogP contribution < -0.4 is 20.1 Å². The summed E-state index contributed by atoms with van der Waals surface area (Å²) >= 11 is 6.06. The molecule has 0 fully saturated rings. The Kier molecular flexibility index (Phi) is 5.68. The van der Waals surface area contributed by atoms with Crippen molar-refractivity contribution in [3.8, 4) is 11.5 Å². The lowest BCUT2D eigenvalue weighted by Gasteiger charge is -2.32. The molecular formula is C20H18ClF3N4O4. The molecule has 12 heteroatoms. The number of hydrogen-bond acceptors (Lipinski definition) is 6. The second-order valence-corrected chi connectivity index (χ2v) is 7.41. The van der Waals surface area contributed by atoms with E-state index in [-0.39, 0.29) is 40.1 Å². The van der Waals surface area contributed by atoms with Gasteiger partial charge >= 0.3 is 6.18 Å². The first-order chi connectivity index (χ1) is 15.2. The number of nitrogens with one attached hydrogen (secondary N) is 2. The average Bonchev–Trinajstić information content (AvgIpc) is 3.42. The monoisotopic (exact) mass is 470 g/mol. The highest BCUT2D eigenvalue weighted by Crippen LogP contribution is 2.44. The van der Waals surface area contributed by atoms with E-state index in [0.717, 1.165) is 4.68 Å².